The van der Waals surface area contributed by atoms with E-state index in [1.807, 2.05) is 24.3 Å². The minimum absolute atomic E-state index is 0.0413. The van der Waals surface area contributed by atoms with E-state index in [4.69, 9.17) is 0 Å². The molecule has 0 unspecified atom stereocenters. The molecule has 1 fully saturated rings. The highest BCUT2D eigenvalue weighted by molar-refractivity contribution is 7.93. The predicted octanol–water partition coefficient (Wildman–Crippen LogP) is 4.55. The van der Waals surface area contributed by atoms with Crippen molar-refractivity contribution in [1.29, 1.82) is 0 Å². The Kier molecular flexibility index (Phi) is 5.46. The Labute approximate surface area is 194 Å². The number of alkyl halides is 3. The van der Waals surface area contributed by atoms with E-state index < -0.39 is 27.5 Å². The average Bonchev–Trinajstić information content (AvgIpc) is 3.13. The highest BCUT2D eigenvalue weighted by atomic mass is 32.2. The Morgan fingerprint density at radius 1 is 1.06 bits per heavy atom. The molecule has 2 aliphatic rings. The summed E-state index contributed by atoms with van der Waals surface area (Å²) in [6, 6.07) is 7.58. The first-order chi connectivity index (χ1) is 16.1. The van der Waals surface area contributed by atoms with Crippen LogP contribution < -0.4 is 9.62 Å². The van der Waals surface area contributed by atoms with E-state index in [1.165, 1.54) is 0 Å². The van der Waals surface area contributed by atoms with Crippen molar-refractivity contribution >= 4 is 38.3 Å². The van der Waals surface area contributed by atoms with Gasteiger partial charge in [0, 0.05) is 24.2 Å². The van der Waals surface area contributed by atoms with Crippen molar-refractivity contribution < 1.29 is 21.6 Å². The zero-order valence-corrected chi connectivity index (χ0v) is 19.0. The van der Waals surface area contributed by atoms with Crippen LogP contribution in [0.5, 0.6) is 0 Å². The van der Waals surface area contributed by atoms with Crippen molar-refractivity contribution in [3.63, 3.8) is 0 Å². The fourth-order valence-electron chi connectivity index (χ4n) is 4.56. The molecule has 2 aromatic heterocycles. The Morgan fingerprint density at radius 3 is 2.56 bits per heavy atom. The Balaban J connectivity index is 1.77. The van der Waals surface area contributed by atoms with Gasteiger partial charge in [-0.2, -0.15) is 13.2 Å². The van der Waals surface area contributed by atoms with Crippen LogP contribution in [0.25, 0.3) is 16.7 Å². The number of aromatic nitrogens is 3. The second-order valence-electron chi connectivity index (χ2n) is 8.41. The van der Waals surface area contributed by atoms with E-state index in [0.717, 1.165) is 40.9 Å². The third kappa shape index (κ3) is 3.97. The molecule has 34 heavy (non-hydrogen) atoms. The number of rotatable bonds is 1. The van der Waals surface area contributed by atoms with Crippen molar-refractivity contribution in [2.75, 3.05) is 21.9 Å². The van der Waals surface area contributed by atoms with Crippen LogP contribution in [-0.2, 0) is 29.0 Å². The molecule has 0 radical (unpaired) electrons. The van der Waals surface area contributed by atoms with Gasteiger partial charge in [-0.3, -0.25) is 4.31 Å². The van der Waals surface area contributed by atoms with Crippen LogP contribution >= 0.6 is 0 Å². The fourth-order valence-corrected chi connectivity index (χ4v) is 6.12. The first kappa shape index (κ1) is 22.6. The Bertz CT molecular complexity index is 1410. The highest BCUT2D eigenvalue weighted by Gasteiger charge is 2.42. The molecule has 2 aliphatic heterocycles. The number of fused-ring (bicyclic) bond motifs is 5. The molecule has 0 amide bonds. The molecule has 178 valence electrons. The summed E-state index contributed by atoms with van der Waals surface area (Å²) in [6.45, 7) is 4.01. The molecule has 0 saturated carbocycles. The lowest BCUT2D eigenvalue weighted by Crippen LogP contribution is -2.28. The molecule has 4 heterocycles. The topological polar surface area (TPSA) is 88.1 Å². The van der Waals surface area contributed by atoms with Gasteiger partial charge in [-0.15, -0.1) is 0 Å². The number of benzene rings is 1. The molecular weight excluding hydrogens is 467 g/mol. The van der Waals surface area contributed by atoms with E-state index in [0.29, 0.717) is 17.9 Å². The van der Waals surface area contributed by atoms with Crippen molar-refractivity contribution in [2.45, 2.75) is 38.3 Å². The van der Waals surface area contributed by atoms with Crippen molar-refractivity contribution in [2.24, 2.45) is 0 Å². The van der Waals surface area contributed by atoms with Crippen LogP contribution in [0.3, 0.4) is 0 Å². The second kappa shape index (κ2) is 8.23. The zero-order valence-electron chi connectivity index (χ0n) is 18.2. The van der Waals surface area contributed by atoms with Gasteiger partial charge < -0.3 is 5.32 Å². The monoisotopic (exact) mass is 489 g/mol. The van der Waals surface area contributed by atoms with Crippen molar-refractivity contribution in [3.8, 4) is 0 Å². The molecule has 1 aromatic carbocycles. The van der Waals surface area contributed by atoms with Crippen LogP contribution in [0, 0.1) is 0 Å². The minimum Gasteiger partial charge on any atom is -0.340 e. The third-order valence-electron chi connectivity index (χ3n) is 6.11. The molecule has 1 saturated heterocycles. The number of hydrogen-bond acceptors (Lipinski definition) is 6. The Morgan fingerprint density at radius 2 is 1.82 bits per heavy atom. The number of nitrogens with zero attached hydrogens (tertiary/aromatic N) is 4. The number of nitrogens with one attached hydrogen (secondary N) is 1. The van der Waals surface area contributed by atoms with Gasteiger partial charge in [-0.05, 0) is 31.2 Å². The van der Waals surface area contributed by atoms with Crippen LogP contribution in [-0.4, -0.2) is 35.7 Å². The summed E-state index contributed by atoms with van der Waals surface area (Å²) in [7, 11) is -3.87. The van der Waals surface area contributed by atoms with Gasteiger partial charge in [0.2, 0.25) is 10.0 Å². The maximum Gasteiger partial charge on any atom is 0.419 e. The van der Waals surface area contributed by atoms with E-state index >= 15 is 0 Å². The maximum absolute atomic E-state index is 14.5. The normalized spacial score (nSPS) is 18.3. The van der Waals surface area contributed by atoms with E-state index in [2.05, 4.69) is 26.8 Å². The molecule has 2 bridgehead atoms. The van der Waals surface area contributed by atoms with Gasteiger partial charge in [0.1, 0.15) is 11.6 Å². The van der Waals surface area contributed by atoms with Gasteiger partial charge in [0.05, 0.1) is 28.6 Å². The number of aryl methyl sites for hydroxylation is 2. The van der Waals surface area contributed by atoms with Crippen molar-refractivity contribution in [1.82, 2.24) is 15.0 Å². The first-order valence-corrected chi connectivity index (χ1v) is 12.6. The van der Waals surface area contributed by atoms with Gasteiger partial charge in [0.15, 0.2) is 5.65 Å². The summed E-state index contributed by atoms with van der Waals surface area (Å²) in [5, 5.41) is 2.61. The number of anilines is 2. The van der Waals surface area contributed by atoms with E-state index in [9.17, 15) is 21.6 Å². The minimum atomic E-state index is -4.87. The maximum atomic E-state index is 14.5. The molecule has 5 rings (SSSR count). The summed E-state index contributed by atoms with van der Waals surface area (Å²) in [6.07, 6.45) is -0.804. The smallest absolute Gasteiger partial charge is 0.340 e. The van der Waals surface area contributed by atoms with E-state index in [1.54, 1.807) is 0 Å². The second-order valence-corrected chi connectivity index (χ2v) is 10.4. The van der Waals surface area contributed by atoms with Crippen LogP contribution in [0.2, 0.25) is 0 Å². The largest absolute Gasteiger partial charge is 0.419 e. The highest BCUT2D eigenvalue weighted by Crippen LogP contribution is 2.44. The summed E-state index contributed by atoms with van der Waals surface area (Å²) in [4.78, 5) is 12.9. The molecule has 0 aliphatic carbocycles. The molecule has 3 aromatic rings. The quantitative estimate of drug-likeness (QED) is 0.540. The lowest BCUT2D eigenvalue weighted by atomic mass is 9.99. The third-order valence-corrected chi connectivity index (χ3v) is 7.97. The molecule has 11 heteroatoms. The molecule has 7 nitrogen and oxygen atoms in total. The number of sulfonamides is 1. The van der Waals surface area contributed by atoms with Gasteiger partial charge >= 0.3 is 6.18 Å². The molecule has 1 N–H and O–H groups in total. The number of hydrogen-bond donors (Lipinski definition) is 1. The zero-order chi connectivity index (χ0) is 24.1. The standard InChI is InChI=1S/C23H22F3N5O2S/c1-14-16-9-4-2-7-15(16)8-3-5-10-18-29-21-19(22(28-14)30-18)20(23(24,25)26)17(13-27-21)31-11-6-12-34(31,32)33/h2,4,7,9,13H,1,3,5-6,8,10-12H2,(H,27,28,29,30). The van der Waals surface area contributed by atoms with Crippen molar-refractivity contribution in [3.05, 3.63) is 59.6 Å². The van der Waals surface area contributed by atoms with Crippen LogP contribution in [0.15, 0.2) is 37.0 Å². The van der Waals surface area contributed by atoms with Gasteiger partial charge in [0.25, 0.3) is 0 Å². The number of halogens is 3. The first-order valence-electron chi connectivity index (χ1n) is 11.0. The SMILES string of the molecule is C=C1Nc2nc(nc3ncc(N4CCCS4(=O)=O)c(C(F)(F)F)c23)CCCCc2ccccc21. The van der Waals surface area contributed by atoms with Crippen LogP contribution in [0.4, 0.5) is 24.7 Å². The predicted molar refractivity (Wildman–Crippen MR) is 124 cm³/mol. The average molecular weight is 490 g/mol. The fraction of sp³-hybridized carbons (Fsp3) is 0.348. The molecule has 0 atom stereocenters. The Hall–Kier alpha value is -3.21. The van der Waals surface area contributed by atoms with Gasteiger partial charge in [-0.25, -0.2) is 23.4 Å². The van der Waals surface area contributed by atoms with Crippen LogP contribution in [0.1, 0.15) is 41.8 Å². The lowest BCUT2D eigenvalue weighted by molar-refractivity contribution is -0.135. The summed E-state index contributed by atoms with van der Waals surface area (Å²) in [5.41, 5.74) is 0.458. The molecule has 0 spiro atoms. The summed E-state index contributed by atoms with van der Waals surface area (Å²) >= 11 is 0. The van der Waals surface area contributed by atoms with E-state index in [-0.39, 0.29) is 35.6 Å². The lowest BCUT2D eigenvalue weighted by Gasteiger charge is -2.24. The summed E-state index contributed by atoms with van der Waals surface area (Å²) in [5.74, 6) is 0.0760. The summed E-state index contributed by atoms with van der Waals surface area (Å²) < 4.78 is 69.2. The van der Waals surface area contributed by atoms with Gasteiger partial charge in [-0.1, -0.05) is 30.8 Å². The number of pyridine rings is 1. The molecular formula is C23H22F3N5O2S.